The standard InChI is InChI=1S/C20H20ClN3O7S/c1-13-4-7-15(8-5-13)32(29,30)23-10-2-3-17(23)20(26)31-12-19(25)22-16-9-6-14(21)11-18(16)24(27)28/h4-9,11,17H,2-3,10,12H2,1H3,(H,22,25). The second-order valence-electron chi connectivity index (χ2n) is 7.16. The molecule has 1 amide bonds. The zero-order chi connectivity index (χ0) is 23.5. The lowest BCUT2D eigenvalue weighted by atomic mass is 10.2. The van der Waals surface area contributed by atoms with Gasteiger partial charge in [-0.3, -0.25) is 19.7 Å². The van der Waals surface area contributed by atoms with Gasteiger partial charge in [0.05, 0.1) is 9.82 Å². The Hall–Kier alpha value is -3.02. The number of esters is 1. The van der Waals surface area contributed by atoms with Crippen LogP contribution < -0.4 is 5.32 Å². The lowest BCUT2D eigenvalue weighted by Crippen LogP contribution is -2.42. The lowest BCUT2D eigenvalue weighted by Gasteiger charge is -2.22. The van der Waals surface area contributed by atoms with Crippen LogP contribution in [-0.2, 0) is 24.3 Å². The molecule has 2 aromatic rings. The molecule has 12 heteroatoms. The van der Waals surface area contributed by atoms with Crippen molar-refractivity contribution in [1.82, 2.24) is 4.31 Å². The maximum Gasteiger partial charge on any atom is 0.324 e. The number of nitrogens with one attached hydrogen (secondary N) is 1. The largest absolute Gasteiger partial charge is 0.454 e. The molecular weight excluding hydrogens is 462 g/mol. The molecule has 0 saturated carbocycles. The van der Waals surface area contributed by atoms with Crippen LogP contribution in [0.4, 0.5) is 11.4 Å². The van der Waals surface area contributed by atoms with Crippen LogP contribution in [0.15, 0.2) is 47.4 Å². The van der Waals surface area contributed by atoms with Crippen molar-refractivity contribution in [1.29, 1.82) is 0 Å². The van der Waals surface area contributed by atoms with Crippen LogP contribution >= 0.6 is 11.6 Å². The quantitative estimate of drug-likeness (QED) is 0.364. The van der Waals surface area contributed by atoms with E-state index in [1.54, 1.807) is 12.1 Å². The molecule has 0 radical (unpaired) electrons. The maximum atomic E-state index is 12.9. The highest BCUT2D eigenvalue weighted by Crippen LogP contribution is 2.28. The molecule has 1 N–H and O–H groups in total. The summed E-state index contributed by atoms with van der Waals surface area (Å²) < 4.78 is 31.9. The number of ether oxygens (including phenoxy) is 1. The molecule has 1 heterocycles. The first-order valence-electron chi connectivity index (χ1n) is 9.58. The van der Waals surface area contributed by atoms with Gasteiger partial charge in [-0.15, -0.1) is 0 Å². The molecule has 1 aliphatic heterocycles. The number of aryl methyl sites for hydroxylation is 1. The third-order valence-electron chi connectivity index (χ3n) is 4.88. The molecule has 32 heavy (non-hydrogen) atoms. The van der Waals surface area contributed by atoms with Crippen LogP contribution in [-0.4, -0.2) is 48.7 Å². The number of sulfonamides is 1. The normalized spacial score (nSPS) is 16.5. The Labute approximate surface area is 189 Å². The summed E-state index contributed by atoms with van der Waals surface area (Å²) in [7, 11) is -3.91. The third-order valence-corrected chi connectivity index (χ3v) is 7.04. The number of benzene rings is 2. The number of halogens is 1. The highest BCUT2D eigenvalue weighted by Gasteiger charge is 2.40. The molecule has 0 aromatic heterocycles. The number of nitro benzene ring substituents is 1. The van der Waals surface area contributed by atoms with Crippen LogP contribution in [0, 0.1) is 17.0 Å². The van der Waals surface area contributed by atoms with Gasteiger partial charge < -0.3 is 10.1 Å². The molecule has 10 nitrogen and oxygen atoms in total. The zero-order valence-electron chi connectivity index (χ0n) is 17.0. The Balaban J connectivity index is 1.65. The van der Waals surface area contributed by atoms with E-state index in [4.69, 9.17) is 16.3 Å². The highest BCUT2D eigenvalue weighted by atomic mass is 35.5. The fourth-order valence-electron chi connectivity index (χ4n) is 3.29. The predicted octanol–water partition coefficient (Wildman–Crippen LogP) is 2.89. The summed E-state index contributed by atoms with van der Waals surface area (Å²) in [5.74, 6) is -1.67. The average molecular weight is 482 g/mol. The number of hydrogen-bond donors (Lipinski definition) is 1. The van der Waals surface area contributed by atoms with Gasteiger partial charge in [-0.05, 0) is 44.0 Å². The fraction of sp³-hybridized carbons (Fsp3) is 0.300. The van der Waals surface area contributed by atoms with Gasteiger partial charge in [0.25, 0.3) is 11.6 Å². The molecule has 1 aliphatic rings. The van der Waals surface area contributed by atoms with Crippen LogP contribution in [0.3, 0.4) is 0 Å². The summed E-state index contributed by atoms with van der Waals surface area (Å²) >= 11 is 5.74. The summed E-state index contributed by atoms with van der Waals surface area (Å²) in [5, 5.41) is 13.5. The fourth-order valence-corrected chi connectivity index (χ4v) is 5.10. The number of hydrogen-bond acceptors (Lipinski definition) is 7. The second-order valence-corrected chi connectivity index (χ2v) is 9.49. The van der Waals surface area contributed by atoms with Gasteiger partial charge in [0.15, 0.2) is 6.61 Å². The van der Waals surface area contributed by atoms with Crippen molar-refractivity contribution in [3.05, 3.63) is 63.2 Å². The highest BCUT2D eigenvalue weighted by molar-refractivity contribution is 7.89. The van der Waals surface area contributed by atoms with E-state index < -0.39 is 45.2 Å². The van der Waals surface area contributed by atoms with Crippen molar-refractivity contribution in [3.8, 4) is 0 Å². The number of nitro groups is 1. The molecule has 3 rings (SSSR count). The minimum Gasteiger partial charge on any atom is -0.454 e. The average Bonchev–Trinajstić information content (AvgIpc) is 3.24. The number of carbonyl (C=O) groups excluding carboxylic acids is 2. The van der Waals surface area contributed by atoms with E-state index in [0.717, 1.165) is 15.9 Å². The minimum absolute atomic E-state index is 0.0654. The van der Waals surface area contributed by atoms with Crippen LogP contribution in [0.2, 0.25) is 5.02 Å². The van der Waals surface area contributed by atoms with Crippen molar-refractivity contribution in [3.63, 3.8) is 0 Å². The Morgan fingerprint density at radius 1 is 1.25 bits per heavy atom. The molecule has 170 valence electrons. The number of anilines is 1. The summed E-state index contributed by atoms with van der Waals surface area (Å²) in [6.45, 7) is 1.25. The monoisotopic (exact) mass is 481 g/mol. The lowest BCUT2D eigenvalue weighted by molar-refractivity contribution is -0.383. The predicted molar refractivity (Wildman–Crippen MR) is 116 cm³/mol. The molecule has 0 spiro atoms. The Bertz CT molecular complexity index is 1150. The summed E-state index contributed by atoms with van der Waals surface area (Å²) in [4.78, 5) is 35.1. The first-order valence-corrected chi connectivity index (χ1v) is 11.4. The van der Waals surface area contributed by atoms with Crippen LogP contribution in [0.25, 0.3) is 0 Å². The van der Waals surface area contributed by atoms with E-state index >= 15 is 0 Å². The number of amides is 1. The molecule has 1 saturated heterocycles. The van der Waals surface area contributed by atoms with E-state index in [1.807, 2.05) is 6.92 Å². The SMILES string of the molecule is Cc1ccc(S(=O)(=O)N2CCCC2C(=O)OCC(=O)Nc2ccc(Cl)cc2[N+](=O)[O-])cc1. The van der Waals surface area contributed by atoms with Crippen molar-refractivity contribution >= 4 is 44.9 Å². The minimum atomic E-state index is -3.91. The summed E-state index contributed by atoms with van der Waals surface area (Å²) in [6, 6.07) is 8.91. The Kier molecular flexibility index (Phi) is 7.12. The van der Waals surface area contributed by atoms with Gasteiger partial charge in [0.1, 0.15) is 11.7 Å². The second kappa shape index (κ2) is 9.63. The van der Waals surface area contributed by atoms with Gasteiger partial charge in [0, 0.05) is 17.6 Å². The van der Waals surface area contributed by atoms with Crippen LogP contribution in [0.1, 0.15) is 18.4 Å². The number of rotatable bonds is 7. The maximum absolute atomic E-state index is 12.9. The Morgan fingerprint density at radius 3 is 2.59 bits per heavy atom. The van der Waals surface area contributed by atoms with Crippen molar-refractivity contribution in [2.75, 3.05) is 18.5 Å². The molecule has 1 fully saturated rings. The van der Waals surface area contributed by atoms with Gasteiger partial charge >= 0.3 is 5.97 Å². The van der Waals surface area contributed by atoms with E-state index in [2.05, 4.69) is 5.32 Å². The van der Waals surface area contributed by atoms with E-state index in [-0.39, 0.29) is 28.6 Å². The molecule has 1 unspecified atom stereocenters. The van der Waals surface area contributed by atoms with Crippen LogP contribution in [0.5, 0.6) is 0 Å². The number of carbonyl (C=O) groups is 2. The van der Waals surface area contributed by atoms with Crippen molar-refractivity contribution in [2.24, 2.45) is 0 Å². The Morgan fingerprint density at radius 2 is 1.94 bits per heavy atom. The van der Waals surface area contributed by atoms with Crippen molar-refractivity contribution in [2.45, 2.75) is 30.7 Å². The van der Waals surface area contributed by atoms with Gasteiger partial charge in [-0.2, -0.15) is 4.31 Å². The van der Waals surface area contributed by atoms with Crippen molar-refractivity contribution < 1.29 is 27.7 Å². The molecule has 0 aliphatic carbocycles. The smallest absolute Gasteiger partial charge is 0.324 e. The molecule has 1 atom stereocenters. The van der Waals surface area contributed by atoms with Gasteiger partial charge in [-0.1, -0.05) is 29.3 Å². The topological polar surface area (TPSA) is 136 Å². The molecular formula is C20H20ClN3O7S. The van der Waals surface area contributed by atoms with Gasteiger partial charge in [0.2, 0.25) is 10.0 Å². The van der Waals surface area contributed by atoms with E-state index in [9.17, 15) is 28.1 Å². The molecule has 0 bridgehead atoms. The van der Waals surface area contributed by atoms with E-state index in [0.29, 0.717) is 6.42 Å². The van der Waals surface area contributed by atoms with Gasteiger partial charge in [-0.25, -0.2) is 8.42 Å². The van der Waals surface area contributed by atoms with E-state index in [1.165, 1.54) is 24.3 Å². The number of nitrogens with zero attached hydrogens (tertiary/aromatic N) is 2. The third kappa shape index (κ3) is 5.23. The summed E-state index contributed by atoms with van der Waals surface area (Å²) in [5.41, 5.74) is 0.376. The first-order chi connectivity index (χ1) is 15.1. The summed E-state index contributed by atoms with van der Waals surface area (Å²) in [6.07, 6.45) is 0.724. The first kappa shape index (κ1) is 23.6. The zero-order valence-corrected chi connectivity index (χ0v) is 18.6. The molecule has 2 aromatic carbocycles.